The molecule has 4 aromatic rings. The minimum atomic E-state index is 0.302. The number of hydrogen-bond acceptors (Lipinski definition) is 2. The van der Waals surface area contributed by atoms with Gasteiger partial charge in [0.2, 0.25) is 0 Å². The van der Waals surface area contributed by atoms with Gasteiger partial charge in [-0.25, -0.2) is 0 Å². The molecule has 2 nitrogen and oxygen atoms in total. The first-order valence-corrected chi connectivity index (χ1v) is 9.41. The summed E-state index contributed by atoms with van der Waals surface area (Å²) in [7, 11) is 0. The zero-order valence-electron chi connectivity index (χ0n) is 15.5. The summed E-state index contributed by atoms with van der Waals surface area (Å²) < 4.78 is 0. The van der Waals surface area contributed by atoms with E-state index < -0.39 is 0 Å². The lowest BCUT2D eigenvalue weighted by atomic mass is 9.95. The van der Waals surface area contributed by atoms with Crippen molar-refractivity contribution in [1.29, 1.82) is 0 Å². The summed E-state index contributed by atoms with van der Waals surface area (Å²) in [4.78, 5) is 0. The number of phenols is 2. The Balaban J connectivity index is 1.65. The average molecular weight is 366 g/mol. The second kappa shape index (κ2) is 8.01. The van der Waals surface area contributed by atoms with Gasteiger partial charge < -0.3 is 10.2 Å². The predicted octanol–water partition coefficient (Wildman–Crippen LogP) is 5.95. The Bertz CT molecular complexity index is 981. The monoisotopic (exact) mass is 366 g/mol. The van der Waals surface area contributed by atoms with E-state index in [2.05, 4.69) is 24.3 Å². The van der Waals surface area contributed by atoms with Crippen molar-refractivity contribution in [3.05, 3.63) is 119 Å². The molecule has 4 rings (SSSR count). The second-order valence-electron chi connectivity index (χ2n) is 7.01. The summed E-state index contributed by atoms with van der Waals surface area (Å²) >= 11 is 0. The third kappa shape index (κ3) is 4.07. The van der Waals surface area contributed by atoms with Crippen LogP contribution in [0.3, 0.4) is 0 Å². The Morgan fingerprint density at radius 2 is 0.857 bits per heavy atom. The largest absolute Gasteiger partial charge is 0.508 e. The summed E-state index contributed by atoms with van der Waals surface area (Å²) in [6, 6.07) is 31.6. The number of benzene rings is 4. The maximum atomic E-state index is 10.3. The van der Waals surface area contributed by atoms with Gasteiger partial charge in [-0.2, -0.15) is 0 Å². The van der Waals surface area contributed by atoms with Gasteiger partial charge in [0.15, 0.2) is 0 Å². The summed E-state index contributed by atoms with van der Waals surface area (Å²) in [6.45, 7) is 0. The zero-order chi connectivity index (χ0) is 19.3. The highest BCUT2D eigenvalue weighted by Crippen LogP contribution is 2.31. The van der Waals surface area contributed by atoms with Crippen LogP contribution in [0.15, 0.2) is 97.1 Å². The number of phenolic OH excluding ortho intramolecular Hbond substituents is 2. The molecule has 0 saturated heterocycles. The molecule has 0 aliphatic rings. The van der Waals surface area contributed by atoms with E-state index in [4.69, 9.17) is 0 Å². The quantitative estimate of drug-likeness (QED) is 0.458. The number of aromatic hydroxyl groups is 2. The van der Waals surface area contributed by atoms with Crippen LogP contribution in [0.4, 0.5) is 0 Å². The molecule has 0 amide bonds. The van der Waals surface area contributed by atoms with E-state index in [-0.39, 0.29) is 0 Å². The van der Waals surface area contributed by atoms with Crippen LogP contribution < -0.4 is 0 Å². The first kappa shape index (κ1) is 17.9. The number of rotatable bonds is 5. The number of hydrogen-bond donors (Lipinski definition) is 2. The van der Waals surface area contributed by atoms with E-state index in [1.165, 1.54) is 0 Å². The molecule has 28 heavy (non-hydrogen) atoms. The molecule has 0 aromatic heterocycles. The molecule has 0 fully saturated rings. The predicted molar refractivity (Wildman–Crippen MR) is 114 cm³/mol. The fourth-order valence-electron chi connectivity index (χ4n) is 3.44. The molecule has 0 aliphatic carbocycles. The molecule has 2 N–H and O–H groups in total. The molecule has 0 spiro atoms. The molecule has 0 radical (unpaired) electrons. The van der Waals surface area contributed by atoms with Crippen molar-refractivity contribution in [2.75, 3.05) is 0 Å². The third-order valence-electron chi connectivity index (χ3n) is 4.97. The van der Waals surface area contributed by atoms with Gasteiger partial charge in [0.05, 0.1) is 0 Å². The normalized spacial score (nSPS) is 10.7. The lowest BCUT2D eigenvalue weighted by molar-refractivity contribution is 0.468. The van der Waals surface area contributed by atoms with Crippen LogP contribution >= 0.6 is 0 Å². The maximum absolute atomic E-state index is 10.3. The van der Waals surface area contributed by atoms with Crippen molar-refractivity contribution < 1.29 is 10.2 Å². The molecule has 0 unspecified atom stereocenters. The van der Waals surface area contributed by atoms with E-state index in [1.807, 2.05) is 60.7 Å². The van der Waals surface area contributed by atoms with Crippen molar-refractivity contribution in [3.8, 4) is 22.6 Å². The van der Waals surface area contributed by atoms with Crippen molar-refractivity contribution in [3.63, 3.8) is 0 Å². The van der Waals surface area contributed by atoms with Crippen molar-refractivity contribution in [2.45, 2.75) is 12.8 Å². The molecule has 138 valence electrons. The van der Waals surface area contributed by atoms with Gasteiger partial charge in [-0.05, 0) is 57.6 Å². The average Bonchev–Trinajstić information content (AvgIpc) is 2.73. The van der Waals surface area contributed by atoms with Crippen LogP contribution in [-0.2, 0) is 12.8 Å². The fraction of sp³-hybridized carbons (Fsp3) is 0.0769. The van der Waals surface area contributed by atoms with Gasteiger partial charge in [-0.15, -0.1) is 0 Å². The van der Waals surface area contributed by atoms with Crippen molar-refractivity contribution in [1.82, 2.24) is 0 Å². The first-order chi connectivity index (χ1) is 13.7. The van der Waals surface area contributed by atoms with Gasteiger partial charge in [0.25, 0.3) is 0 Å². The van der Waals surface area contributed by atoms with E-state index in [0.717, 1.165) is 33.4 Å². The standard InChI is InChI=1S/C26H22O2/c27-25-13-11-21(17-23(25)15-19-7-3-1-4-8-19)22-12-14-26(28)24(18-22)16-20-9-5-2-6-10-20/h1-14,17-18,27-28H,15-16H2. The smallest absolute Gasteiger partial charge is 0.119 e. The Labute approximate surface area is 165 Å². The van der Waals surface area contributed by atoms with Crippen LogP contribution in [0, 0.1) is 0 Å². The van der Waals surface area contributed by atoms with Crippen molar-refractivity contribution >= 4 is 0 Å². The Hall–Kier alpha value is -3.52. The lowest BCUT2D eigenvalue weighted by Crippen LogP contribution is -1.92. The van der Waals surface area contributed by atoms with Crippen LogP contribution in [0.1, 0.15) is 22.3 Å². The van der Waals surface area contributed by atoms with E-state index in [1.54, 1.807) is 12.1 Å². The van der Waals surface area contributed by atoms with Crippen LogP contribution in [0.2, 0.25) is 0 Å². The topological polar surface area (TPSA) is 40.5 Å². The van der Waals surface area contributed by atoms with Gasteiger partial charge in [0, 0.05) is 12.8 Å². The fourth-order valence-corrected chi connectivity index (χ4v) is 3.44. The minimum absolute atomic E-state index is 0.302. The van der Waals surface area contributed by atoms with E-state index in [0.29, 0.717) is 24.3 Å². The van der Waals surface area contributed by atoms with Gasteiger partial charge in [-0.3, -0.25) is 0 Å². The van der Waals surface area contributed by atoms with E-state index >= 15 is 0 Å². The summed E-state index contributed by atoms with van der Waals surface area (Å²) in [5, 5.41) is 20.6. The zero-order valence-corrected chi connectivity index (χ0v) is 15.5. The molecule has 0 aliphatic heterocycles. The Kier molecular flexibility index (Phi) is 5.11. The summed E-state index contributed by atoms with van der Waals surface area (Å²) in [5.74, 6) is 0.604. The highest BCUT2D eigenvalue weighted by Gasteiger charge is 2.09. The van der Waals surface area contributed by atoms with Crippen LogP contribution in [-0.4, -0.2) is 10.2 Å². The molecule has 0 bridgehead atoms. The van der Waals surface area contributed by atoms with Gasteiger partial charge in [-0.1, -0.05) is 72.8 Å². The molecule has 0 heterocycles. The minimum Gasteiger partial charge on any atom is -0.508 e. The first-order valence-electron chi connectivity index (χ1n) is 9.41. The van der Waals surface area contributed by atoms with Crippen LogP contribution in [0.25, 0.3) is 11.1 Å². The second-order valence-corrected chi connectivity index (χ2v) is 7.01. The third-order valence-corrected chi connectivity index (χ3v) is 4.97. The molecule has 0 saturated carbocycles. The highest BCUT2D eigenvalue weighted by molar-refractivity contribution is 5.68. The van der Waals surface area contributed by atoms with Crippen molar-refractivity contribution in [2.24, 2.45) is 0 Å². The summed E-state index contributed by atoms with van der Waals surface area (Å²) in [5.41, 5.74) is 6.15. The summed E-state index contributed by atoms with van der Waals surface area (Å²) in [6.07, 6.45) is 1.35. The highest BCUT2D eigenvalue weighted by atomic mass is 16.3. The lowest BCUT2D eigenvalue weighted by Gasteiger charge is -2.11. The molecule has 2 heteroatoms. The Morgan fingerprint density at radius 3 is 1.25 bits per heavy atom. The van der Waals surface area contributed by atoms with Gasteiger partial charge in [0.1, 0.15) is 11.5 Å². The van der Waals surface area contributed by atoms with Gasteiger partial charge >= 0.3 is 0 Å². The SMILES string of the molecule is Oc1ccc(-c2ccc(O)c(Cc3ccccc3)c2)cc1Cc1ccccc1. The molecule has 4 aromatic carbocycles. The van der Waals surface area contributed by atoms with E-state index in [9.17, 15) is 10.2 Å². The maximum Gasteiger partial charge on any atom is 0.119 e. The van der Waals surface area contributed by atoms with Crippen LogP contribution in [0.5, 0.6) is 11.5 Å². The molecule has 0 atom stereocenters. The Morgan fingerprint density at radius 1 is 0.464 bits per heavy atom. The molecular formula is C26H22O2. The molecular weight excluding hydrogens is 344 g/mol.